The lowest BCUT2D eigenvalue weighted by Crippen LogP contribution is -2.06. The smallest absolute Gasteiger partial charge is 0.123 e. The molecule has 1 heterocycles. The third-order valence-electron chi connectivity index (χ3n) is 3.18. The molecule has 1 N–H and O–H groups in total. The molecule has 0 bridgehead atoms. The second-order valence-electron chi connectivity index (χ2n) is 5.03. The summed E-state index contributed by atoms with van der Waals surface area (Å²) in [5, 5.41) is 7.60. The van der Waals surface area contributed by atoms with E-state index in [4.69, 9.17) is 0 Å². The molecular formula is C15H20FN3. The molecule has 2 rings (SSSR count). The number of nitrogens with zero attached hydrogens (tertiary/aromatic N) is 2. The van der Waals surface area contributed by atoms with Crippen molar-refractivity contribution in [3.8, 4) is 11.1 Å². The van der Waals surface area contributed by atoms with Crippen molar-refractivity contribution in [2.24, 2.45) is 0 Å². The van der Waals surface area contributed by atoms with E-state index in [0.29, 0.717) is 12.6 Å². The van der Waals surface area contributed by atoms with E-state index < -0.39 is 0 Å². The third kappa shape index (κ3) is 2.84. The summed E-state index contributed by atoms with van der Waals surface area (Å²) in [5.74, 6) is -0.216. The number of rotatable bonds is 4. The topological polar surface area (TPSA) is 29.9 Å². The van der Waals surface area contributed by atoms with Crippen LogP contribution in [0.3, 0.4) is 0 Å². The van der Waals surface area contributed by atoms with Gasteiger partial charge in [-0.2, -0.15) is 5.10 Å². The molecule has 2 aromatic rings. The Balaban J connectivity index is 2.53. The summed E-state index contributed by atoms with van der Waals surface area (Å²) in [7, 11) is 1.89. The maximum absolute atomic E-state index is 13.5. The van der Waals surface area contributed by atoms with Crippen molar-refractivity contribution >= 4 is 0 Å². The Morgan fingerprint density at radius 2 is 2.05 bits per heavy atom. The van der Waals surface area contributed by atoms with Gasteiger partial charge in [-0.05, 0) is 51.1 Å². The van der Waals surface area contributed by atoms with Gasteiger partial charge in [-0.3, -0.25) is 4.68 Å². The van der Waals surface area contributed by atoms with Gasteiger partial charge in [0.05, 0.1) is 5.69 Å². The average Bonchev–Trinajstić information content (AvgIpc) is 2.74. The SMILES string of the molecule is CNCc1ccc(F)cc1-c1cn(C(C)C)nc1C. The lowest BCUT2D eigenvalue weighted by molar-refractivity contribution is 0.529. The van der Waals surface area contributed by atoms with Gasteiger partial charge in [0.15, 0.2) is 0 Å². The van der Waals surface area contributed by atoms with Crippen LogP contribution in [0.1, 0.15) is 31.1 Å². The minimum Gasteiger partial charge on any atom is -0.316 e. The van der Waals surface area contributed by atoms with Crippen LogP contribution in [0.4, 0.5) is 4.39 Å². The van der Waals surface area contributed by atoms with E-state index in [9.17, 15) is 4.39 Å². The van der Waals surface area contributed by atoms with Crippen molar-refractivity contribution in [3.63, 3.8) is 0 Å². The molecule has 0 aliphatic carbocycles. The van der Waals surface area contributed by atoms with Gasteiger partial charge in [-0.15, -0.1) is 0 Å². The van der Waals surface area contributed by atoms with E-state index in [0.717, 1.165) is 22.4 Å². The molecule has 0 spiro atoms. The predicted molar refractivity (Wildman–Crippen MR) is 75.5 cm³/mol. The fraction of sp³-hybridized carbons (Fsp3) is 0.400. The highest BCUT2D eigenvalue weighted by Gasteiger charge is 2.13. The van der Waals surface area contributed by atoms with Gasteiger partial charge in [-0.25, -0.2) is 4.39 Å². The summed E-state index contributed by atoms with van der Waals surface area (Å²) in [6.07, 6.45) is 1.99. The fourth-order valence-corrected chi connectivity index (χ4v) is 2.15. The minimum atomic E-state index is -0.216. The minimum absolute atomic E-state index is 0.216. The molecule has 19 heavy (non-hydrogen) atoms. The normalized spacial score (nSPS) is 11.3. The maximum Gasteiger partial charge on any atom is 0.123 e. The van der Waals surface area contributed by atoms with Crippen LogP contribution in [0.5, 0.6) is 0 Å². The summed E-state index contributed by atoms with van der Waals surface area (Å²) in [5.41, 5.74) is 3.92. The van der Waals surface area contributed by atoms with Crippen molar-refractivity contribution in [2.75, 3.05) is 7.05 Å². The molecule has 0 atom stereocenters. The summed E-state index contributed by atoms with van der Waals surface area (Å²) in [6.45, 7) is 6.83. The second-order valence-corrected chi connectivity index (χ2v) is 5.03. The summed E-state index contributed by atoms with van der Waals surface area (Å²) >= 11 is 0. The van der Waals surface area contributed by atoms with E-state index in [1.165, 1.54) is 6.07 Å². The molecule has 0 unspecified atom stereocenters. The number of hydrogen-bond acceptors (Lipinski definition) is 2. The van der Waals surface area contributed by atoms with Gasteiger partial charge in [0, 0.05) is 24.3 Å². The van der Waals surface area contributed by atoms with Crippen molar-refractivity contribution in [2.45, 2.75) is 33.4 Å². The Labute approximate surface area is 113 Å². The van der Waals surface area contributed by atoms with Crippen LogP contribution in [0.2, 0.25) is 0 Å². The Bertz CT molecular complexity index is 573. The van der Waals surface area contributed by atoms with Crippen LogP contribution in [-0.4, -0.2) is 16.8 Å². The number of hydrogen-bond donors (Lipinski definition) is 1. The average molecular weight is 261 g/mol. The molecular weight excluding hydrogens is 241 g/mol. The lowest BCUT2D eigenvalue weighted by atomic mass is 10.00. The molecule has 102 valence electrons. The van der Waals surface area contributed by atoms with Gasteiger partial charge in [-0.1, -0.05) is 6.07 Å². The van der Waals surface area contributed by atoms with E-state index in [-0.39, 0.29) is 5.82 Å². The third-order valence-corrected chi connectivity index (χ3v) is 3.18. The summed E-state index contributed by atoms with van der Waals surface area (Å²) in [6, 6.07) is 5.21. The number of aromatic nitrogens is 2. The zero-order valence-corrected chi connectivity index (χ0v) is 11.9. The zero-order valence-electron chi connectivity index (χ0n) is 11.9. The highest BCUT2D eigenvalue weighted by molar-refractivity contribution is 5.69. The Hall–Kier alpha value is -1.68. The molecule has 0 saturated heterocycles. The first-order valence-corrected chi connectivity index (χ1v) is 6.52. The van der Waals surface area contributed by atoms with Crippen LogP contribution in [0, 0.1) is 12.7 Å². The van der Waals surface area contributed by atoms with E-state index in [1.54, 1.807) is 6.07 Å². The van der Waals surface area contributed by atoms with Crippen molar-refractivity contribution in [1.29, 1.82) is 0 Å². The molecule has 1 aromatic carbocycles. The molecule has 4 heteroatoms. The fourth-order valence-electron chi connectivity index (χ4n) is 2.15. The van der Waals surface area contributed by atoms with Crippen LogP contribution in [0.25, 0.3) is 11.1 Å². The van der Waals surface area contributed by atoms with Crippen LogP contribution >= 0.6 is 0 Å². The van der Waals surface area contributed by atoms with E-state index >= 15 is 0 Å². The molecule has 1 aromatic heterocycles. The van der Waals surface area contributed by atoms with Crippen LogP contribution in [-0.2, 0) is 6.54 Å². The Morgan fingerprint density at radius 3 is 2.63 bits per heavy atom. The van der Waals surface area contributed by atoms with Gasteiger partial charge < -0.3 is 5.32 Å². The predicted octanol–water partition coefficient (Wildman–Crippen LogP) is 3.30. The molecule has 0 fully saturated rings. The highest BCUT2D eigenvalue weighted by atomic mass is 19.1. The first-order valence-electron chi connectivity index (χ1n) is 6.52. The van der Waals surface area contributed by atoms with Crippen molar-refractivity contribution in [1.82, 2.24) is 15.1 Å². The lowest BCUT2D eigenvalue weighted by Gasteiger charge is -2.08. The quantitative estimate of drug-likeness (QED) is 0.915. The number of benzene rings is 1. The molecule has 3 nitrogen and oxygen atoms in total. The molecule has 0 radical (unpaired) electrons. The zero-order chi connectivity index (χ0) is 14.0. The summed E-state index contributed by atoms with van der Waals surface area (Å²) < 4.78 is 15.4. The monoisotopic (exact) mass is 261 g/mol. The molecule has 0 saturated carbocycles. The highest BCUT2D eigenvalue weighted by Crippen LogP contribution is 2.28. The number of aryl methyl sites for hydroxylation is 1. The standard InChI is InChI=1S/C15H20FN3/c1-10(2)19-9-15(11(3)18-19)14-7-13(16)6-5-12(14)8-17-4/h5-7,9-10,17H,8H2,1-4H3. The Morgan fingerprint density at radius 1 is 1.32 bits per heavy atom. The Kier molecular flexibility index (Phi) is 4.00. The van der Waals surface area contributed by atoms with Gasteiger partial charge in [0.25, 0.3) is 0 Å². The molecule has 0 aliphatic heterocycles. The number of nitrogens with one attached hydrogen (secondary N) is 1. The van der Waals surface area contributed by atoms with Crippen molar-refractivity contribution in [3.05, 3.63) is 41.5 Å². The van der Waals surface area contributed by atoms with Gasteiger partial charge >= 0.3 is 0 Å². The number of halogens is 1. The first kappa shape index (κ1) is 13.7. The van der Waals surface area contributed by atoms with E-state index in [2.05, 4.69) is 24.3 Å². The van der Waals surface area contributed by atoms with Gasteiger partial charge in [0.1, 0.15) is 5.82 Å². The second kappa shape index (κ2) is 5.53. The summed E-state index contributed by atoms with van der Waals surface area (Å²) in [4.78, 5) is 0. The molecule has 0 aliphatic rings. The van der Waals surface area contributed by atoms with Crippen LogP contribution < -0.4 is 5.32 Å². The maximum atomic E-state index is 13.5. The first-order chi connectivity index (χ1) is 9.02. The van der Waals surface area contributed by atoms with Crippen LogP contribution in [0.15, 0.2) is 24.4 Å². The molecule has 0 amide bonds. The largest absolute Gasteiger partial charge is 0.316 e. The van der Waals surface area contributed by atoms with Crippen molar-refractivity contribution < 1.29 is 4.39 Å². The van der Waals surface area contributed by atoms with Gasteiger partial charge in [0.2, 0.25) is 0 Å². The van der Waals surface area contributed by atoms with E-state index in [1.807, 2.05) is 30.9 Å².